The number of hydrogen-bond donors (Lipinski definition) is 0. The van der Waals surface area contributed by atoms with Crippen LogP contribution in [0.3, 0.4) is 0 Å². The summed E-state index contributed by atoms with van der Waals surface area (Å²) in [6.07, 6.45) is 0.849. The first-order chi connectivity index (χ1) is 27.1. The van der Waals surface area contributed by atoms with Crippen LogP contribution in [0, 0.1) is 22.7 Å². The van der Waals surface area contributed by atoms with Crippen molar-refractivity contribution in [3.8, 4) is 51.2 Å². The summed E-state index contributed by atoms with van der Waals surface area (Å²) in [5.74, 6) is 1.05. The molecule has 0 radical (unpaired) electrons. The van der Waals surface area contributed by atoms with Crippen LogP contribution in [0.4, 0.5) is 0 Å². The highest BCUT2D eigenvalue weighted by Crippen LogP contribution is 2.59. The monoisotopic (exact) mass is 720 g/mol. The maximum atomic E-state index is 10.4. The minimum absolute atomic E-state index is 0.595. The molecule has 0 aliphatic heterocycles. The molecule has 1 aliphatic rings. The van der Waals surface area contributed by atoms with Gasteiger partial charge in [0.05, 0.1) is 28.1 Å². The van der Waals surface area contributed by atoms with Crippen molar-refractivity contribution in [3.05, 3.63) is 202 Å². The lowest BCUT2D eigenvalue weighted by Crippen LogP contribution is -2.28. The van der Waals surface area contributed by atoms with E-state index in [1.54, 1.807) is 0 Å². The molecule has 0 N–H and O–H groups in total. The average Bonchev–Trinajstić information content (AvgIpc) is 3.92. The normalized spacial score (nSPS) is 14.4. The quantitative estimate of drug-likeness (QED) is 0.172. The van der Waals surface area contributed by atoms with Gasteiger partial charge in [0, 0.05) is 27.8 Å². The molecule has 1 unspecified atom stereocenters. The van der Waals surface area contributed by atoms with Gasteiger partial charge in [0.2, 0.25) is 0 Å². The number of aryl methyl sites for hydroxylation is 1. The van der Waals surface area contributed by atoms with Crippen LogP contribution in [-0.4, -0.2) is 9.55 Å². The Morgan fingerprint density at radius 3 is 1.98 bits per heavy atom. The second-order valence-corrected chi connectivity index (χ2v) is 15.0. The van der Waals surface area contributed by atoms with E-state index in [2.05, 4.69) is 157 Å². The Balaban J connectivity index is 1.15. The van der Waals surface area contributed by atoms with Crippen LogP contribution in [0.15, 0.2) is 164 Å². The van der Waals surface area contributed by atoms with Crippen molar-refractivity contribution in [1.82, 2.24) is 9.55 Å². The van der Waals surface area contributed by atoms with E-state index < -0.39 is 5.41 Å². The average molecular weight is 721 g/mol. The van der Waals surface area contributed by atoms with Crippen molar-refractivity contribution < 1.29 is 0 Å². The predicted molar refractivity (Wildman–Crippen MR) is 223 cm³/mol. The van der Waals surface area contributed by atoms with Gasteiger partial charge in [-0.3, -0.25) is 4.57 Å². The topological polar surface area (TPSA) is 65.4 Å². The van der Waals surface area contributed by atoms with E-state index >= 15 is 0 Å². The highest BCUT2D eigenvalue weighted by Gasteiger charge is 2.47. The Labute approximate surface area is 323 Å². The summed E-state index contributed by atoms with van der Waals surface area (Å²) in [5.41, 5.74) is 14.5. The zero-order valence-electron chi connectivity index (χ0n) is 30.0. The molecule has 0 spiro atoms. The van der Waals surface area contributed by atoms with Crippen LogP contribution in [0.25, 0.3) is 60.2 Å². The molecule has 1 aliphatic carbocycles. The number of fused-ring (bicyclic) bond motifs is 6. The van der Waals surface area contributed by atoms with E-state index in [1.165, 1.54) is 39.2 Å². The van der Waals surface area contributed by atoms with Gasteiger partial charge in [0.1, 0.15) is 16.8 Å². The first-order valence-corrected chi connectivity index (χ1v) is 19.3. The molecule has 10 rings (SSSR count). The highest BCUT2D eigenvalue weighted by atomic mass is 32.1. The lowest BCUT2D eigenvalue weighted by atomic mass is 9.67. The molecule has 0 amide bonds. The molecule has 4 nitrogen and oxygen atoms in total. The van der Waals surface area contributed by atoms with Crippen LogP contribution in [0.1, 0.15) is 45.4 Å². The fraction of sp³-hybridized carbons (Fsp3) is 0.0600. The van der Waals surface area contributed by atoms with E-state index in [1.807, 2.05) is 30.3 Å². The molecular formula is C50H32N4S. The standard InChI is InChI=1S/C50H32N4S/c1-2-46-53-42-14-8-9-15-43(42)54(46)38-26-22-34(23-27-38)33-20-24-37(25-21-33)50(36-10-4-3-5-11-36)40-13-7-6-12-39(40)48-41(50)28-29-44-49(48)47(45(31-52)55-44)35-18-16-32(30-51)17-19-35/h3-29H,2H2,1H3. The number of hydrogen-bond acceptors (Lipinski definition) is 4. The fourth-order valence-electron chi connectivity index (χ4n) is 8.82. The minimum Gasteiger partial charge on any atom is -0.296 e. The van der Waals surface area contributed by atoms with Gasteiger partial charge in [-0.15, -0.1) is 11.3 Å². The molecule has 2 heterocycles. The van der Waals surface area contributed by atoms with Gasteiger partial charge < -0.3 is 0 Å². The van der Waals surface area contributed by atoms with Gasteiger partial charge in [0.25, 0.3) is 0 Å². The summed E-state index contributed by atoms with van der Waals surface area (Å²) in [5, 5.41) is 21.0. The smallest absolute Gasteiger partial charge is 0.114 e. The lowest BCUT2D eigenvalue weighted by Gasteiger charge is -2.34. The van der Waals surface area contributed by atoms with Crippen LogP contribution in [-0.2, 0) is 11.8 Å². The molecule has 0 saturated carbocycles. The number of benzene rings is 7. The lowest BCUT2D eigenvalue weighted by molar-refractivity contribution is 0.769. The second-order valence-electron chi connectivity index (χ2n) is 14.0. The van der Waals surface area contributed by atoms with Crippen molar-refractivity contribution in [2.45, 2.75) is 18.8 Å². The van der Waals surface area contributed by atoms with Gasteiger partial charge in [-0.25, -0.2) is 4.98 Å². The van der Waals surface area contributed by atoms with E-state index in [4.69, 9.17) is 4.98 Å². The molecule has 55 heavy (non-hydrogen) atoms. The van der Waals surface area contributed by atoms with Crippen molar-refractivity contribution in [1.29, 1.82) is 10.5 Å². The maximum Gasteiger partial charge on any atom is 0.114 e. The van der Waals surface area contributed by atoms with Crippen molar-refractivity contribution >= 4 is 32.5 Å². The molecule has 2 aromatic heterocycles. The summed E-state index contributed by atoms with van der Waals surface area (Å²) in [7, 11) is 0. The number of para-hydroxylation sites is 2. The Hall–Kier alpha value is -7.05. The minimum atomic E-state index is -0.598. The Morgan fingerprint density at radius 1 is 0.600 bits per heavy atom. The number of nitriles is 2. The summed E-state index contributed by atoms with van der Waals surface area (Å²) in [6, 6.07) is 62.6. The summed E-state index contributed by atoms with van der Waals surface area (Å²) < 4.78 is 3.33. The fourth-order valence-corrected chi connectivity index (χ4v) is 9.85. The number of imidazole rings is 1. The number of nitrogens with zero attached hydrogens (tertiary/aromatic N) is 4. The first-order valence-electron chi connectivity index (χ1n) is 18.5. The first kappa shape index (κ1) is 32.6. The Bertz CT molecular complexity index is 3010. The largest absolute Gasteiger partial charge is 0.296 e. The van der Waals surface area contributed by atoms with Crippen LogP contribution >= 0.6 is 11.3 Å². The molecular weight excluding hydrogens is 689 g/mol. The summed E-state index contributed by atoms with van der Waals surface area (Å²) >= 11 is 1.53. The van der Waals surface area contributed by atoms with Gasteiger partial charge in [-0.2, -0.15) is 10.5 Å². The highest BCUT2D eigenvalue weighted by molar-refractivity contribution is 7.20. The number of aromatic nitrogens is 2. The van der Waals surface area contributed by atoms with Crippen molar-refractivity contribution in [2.24, 2.45) is 0 Å². The molecule has 0 bridgehead atoms. The van der Waals surface area contributed by atoms with Crippen molar-refractivity contribution in [3.63, 3.8) is 0 Å². The maximum absolute atomic E-state index is 10.4. The molecule has 0 saturated heterocycles. The Morgan fingerprint density at radius 2 is 1.25 bits per heavy atom. The van der Waals surface area contributed by atoms with E-state index in [-0.39, 0.29) is 0 Å². The Kier molecular flexibility index (Phi) is 7.59. The third kappa shape index (κ3) is 4.84. The second kappa shape index (κ2) is 12.8. The van der Waals surface area contributed by atoms with Gasteiger partial charge in [-0.05, 0) is 92.5 Å². The van der Waals surface area contributed by atoms with Crippen molar-refractivity contribution in [2.75, 3.05) is 0 Å². The third-order valence-corrected chi connectivity index (χ3v) is 12.3. The van der Waals surface area contributed by atoms with E-state index in [9.17, 15) is 10.5 Å². The third-order valence-electron chi connectivity index (χ3n) is 11.2. The molecule has 258 valence electrons. The van der Waals surface area contributed by atoms with Gasteiger partial charge in [0.15, 0.2) is 0 Å². The molecule has 5 heteroatoms. The zero-order chi connectivity index (χ0) is 37.1. The van der Waals surface area contributed by atoms with E-state index in [0.717, 1.165) is 66.9 Å². The predicted octanol–water partition coefficient (Wildman–Crippen LogP) is 12.2. The van der Waals surface area contributed by atoms with Crippen LogP contribution < -0.4 is 0 Å². The van der Waals surface area contributed by atoms with Gasteiger partial charge in [-0.1, -0.05) is 128 Å². The van der Waals surface area contributed by atoms with E-state index in [0.29, 0.717) is 10.4 Å². The number of thiophene rings is 1. The summed E-state index contributed by atoms with van der Waals surface area (Å²) in [4.78, 5) is 5.56. The molecule has 7 aromatic carbocycles. The number of rotatable bonds is 6. The molecule has 0 fully saturated rings. The zero-order valence-corrected chi connectivity index (χ0v) is 30.8. The molecule has 9 aromatic rings. The SMILES string of the molecule is CCc1nc2ccccc2n1-c1ccc(-c2ccc(C3(c4ccccc4)c4ccccc4-c4c3ccc3sc(C#N)c(-c5ccc(C#N)cc5)c43)cc2)cc1. The summed E-state index contributed by atoms with van der Waals surface area (Å²) in [6.45, 7) is 2.15. The molecule has 1 atom stereocenters. The van der Waals surface area contributed by atoms with Crippen LogP contribution in [0.2, 0.25) is 0 Å². The van der Waals surface area contributed by atoms with Gasteiger partial charge >= 0.3 is 0 Å². The van der Waals surface area contributed by atoms with Crippen LogP contribution in [0.5, 0.6) is 0 Å².